The van der Waals surface area contributed by atoms with Crippen LogP contribution in [0.1, 0.15) is 11.4 Å². The lowest BCUT2D eigenvalue weighted by Crippen LogP contribution is -2.01. The Bertz CT molecular complexity index is 1310. The van der Waals surface area contributed by atoms with Crippen LogP contribution in [0.4, 0.5) is 0 Å². The van der Waals surface area contributed by atoms with E-state index in [1.54, 1.807) is 31.4 Å². The number of rotatable bonds is 5. The highest BCUT2D eigenvalue weighted by Crippen LogP contribution is 2.28. The third-order valence-electron chi connectivity index (χ3n) is 4.86. The third-order valence-corrected chi connectivity index (χ3v) is 4.86. The monoisotopic (exact) mass is 386 g/mol. The van der Waals surface area contributed by atoms with Gasteiger partial charge in [0.25, 0.3) is 0 Å². The molecule has 8 nitrogen and oxygen atoms in total. The summed E-state index contributed by atoms with van der Waals surface area (Å²) in [5.74, 6) is 2.16. The van der Waals surface area contributed by atoms with Crippen molar-refractivity contribution in [3.63, 3.8) is 0 Å². The number of hydrogen-bond acceptors (Lipinski definition) is 6. The molecule has 2 aromatic carbocycles. The highest BCUT2D eigenvalue weighted by Gasteiger charge is 2.15. The van der Waals surface area contributed by atoms with Crippen LogP contribution in [-0.2, 0) is 6.42 Å². The molecule has 0 saturated carbocycles. The Labute approximate surface area is 166 Å². The minimum absolute atomic E-state index is 0.585. The van der Waals surface area contributed by atoms with Gasteiger partial charge in [-0.05, 0) is 29.8 Å². The second kappa shape index (κ2) is 6.90. The molecular weight excluding hydrogens is 368 g/mol. The molecule has 0 aliphatic heterocycles. The Kier molecular flexibility index (Phi) is 4.09. The molecule has 0 amide bonds. The van der Waals surface area contributed by atoms with Gasteiger partial charge in [-0.1, -0.05) is 24.3 Å². The van der Waals surface area contributed by atoms with E-state index in [-0.39, 0.29) is 0 Å². The molecule has 0 unspecified atom stereocenters. The average Bonchev–Trinajstić information content (AvgIpc) is 3.38. The molecule has 0 bridgehead atoms. The summed E-state index contributed by atoms with van der Waals surface area (Å²) in [6.45, 7) is 0. The standard InChI is InChI=1S/C21H18N6O2/c1-28-17-9-8-14(10-18(17)29-2)11-19-24-25-21-16-12-23-27(15-6-4-3-5-7-15)20(16)22-13-26(19)21/h3-10,12-13H,11H2,1-2H3. The molecule has 0 radical (unpaired) electrons. The fraction of sp³-hybridized carbons (Fsp3) is 0.143. The Morgan fingerprint density at radius 2 is 1.72 bits per heavy atom. The lowest BCUT2D eigenvalue weighted by Gasteiger charge is -2.09. The number of benzene rings is 2. The largest absolute Gasteiger partial charge is 0.493 e. The van der Waals surface area contributed by atoms with Crippen LogP contribution in [0.15, 0.2) is 61.1 Å². The molecule has 8 heteroatoms. The van der Waals surface area contributed by atoms with Crippen LogP contribution in [0, 0.1) is 0 Å². The Morgan fingerprint density at radius 1 is 0.897 bits per heavy atom. The molecule has 0 aliphatic rings. The van der Waals surface area contributed by atoms with Gasteiger partial charge in [0.1, 0.15) is 12.2 Å². The van der Waals surface area contributed by atoms with Gasteiger partial charge in [0.15, 0.2) is 22.8 Å². The number of methoxy groups -OCH3 is 2. The van der Waals surface area contributed by atoms with E-state index < -0.39 is 0 Å². The minimum atomic E-state index is 0.585. The molecular formula is C21H18N6O2. The van der Waals surface area contributed by atoms with E-state index in [0.29, 0.717) is 17.9 Å². The number of nitrogens with zero attached hydrogens (tertiary/aromatic N) is 6. The molecule has 5 aromatic rings. The fourth-order valence-corrected chi connectivity index (χ4v) is 3.42. The SMILES string of the molecule is COc1ccc(Cc2nnc3c4cnn(-c5ccccc5)c4ncn23)cc1OC. The van der Waals surface area contributed by atoms with Crippen molar-refractivity contribution in [1.29, 1.82) is 0 Å². The molecule has 3 aromatic heterocycles. The maximum Gasteiger partial charge on any atom is 0.174 e. The molecule has 0 fully saturated rings. The van der Waals surface area contributed by atoms with Gasteiger partial charge in [0.2, 0.25) is 0 Å². The zero-order valence-corrected chi connectivity index (χ0v) is 16.0. The van der Waals surface area contributed by atoms with Crippen molar-refractivity contribution in [2.75, 3.05) is 14.2 Å². The summed E-state index contributed by atoms with van der Waals surface area (Å²) in [4.78, 5) is 4.62. The molecule has 3 heterocycles. The quantitative estimate of drug-likeness (QED) is 0.462. The van der Waals surface area contributed by atoms with Crippen LogP contribution in [0.3, 0.4) is 0 Å². The van der Waals surface area contributed by atoms with E-state index in [9.17, 15) is 0 Å². The first-order valence-corrected chi connectivity index (χ1v) is 9.11. The summed E-state index contributed by atoms with van der Waals surface area (Å²) in [5.41, 5.74) is 3.46. The van der Waals surface area contributed by atoms with Crippen LogP contribution < -0.4 is 9.47 Å². The average molecular weight is 386 g/mol. The first-order chi connectivity index (χ1) is 14.3. The Hall–Kier alpha value is -3.94. The highest BCUT2D eigenvalue weighted by atomic mass is 16.5. The van der Waals surface area contributed by atoms with Gasteiger partial charge in [0, 0.05) is 6.42 Å². The smallest absolute Gasteiger partial charge is 0.174 e. The predicted molar refractivity (Wildman–Crippen MR) is 108 cm³/mol. The molecule has 144 valence electrons. The zero-order valence-electron chi connectivity index (χ0n) is 16.0. The summed E-state index contributed by atoms with van der Waals surface area (Å²) in [6.07, 6.45) is 4.11. The second-order valence-corrected chi connectivity index (χ2v) is 6.55. The first kappa shape index (κ1) is 17.2. The van der Waals surface area contributed by atoms with E-state index in [1.807, 2.05) is 52.9 Å². The van der Waals surface area contributed by atoms with E-state index in [0.717, 1.165) is 33.8 Å². The third kappa shape index (κ3) is 2.85. The second-order valence-electron chi connectivity index (χ2n) is 6.55. The molecule has 5 rings (SSSR count). The molecule has 0 aliphatic carbocycles. The first-order valence-electron chi connectivity index (χ1n) is 9.11. The highest BCUT2D eigenvalue weighted by molar-refractivity contribution is 5.89. The molecule has 0 atom stereocenters. The summed E-state index contributed by atoms with van der Waals surface area (Å²) in [5, 5.41) is 14.1. The van der Waals surface area contributed by atoms with Crippen molar-refractivity contribution >= 4 is 16.7 Å². The van der Waals surface area contributed by atoms with Gasteiger partial charge in [-0.3, -0.25) is 4.40 Å². The van der Waals surface area contributed by atoms with Crippen LogP contribution >= 0.6 is 0 Å². The van der Waals surface area contributed by atoms with Crippen molar-refractivity contribution in [1.82, 2.24) is 29.4 Å². The molecule has 29 heavy (non-hydrogen) atoms. The lowest BCUT2D eigenvalue weighted by atomic mass is 10.1. The summed E-state index contributed by atoms with van der Waals surface area (Å²) in [6, 6.07) is 15.7. The molecule has 0 spiro atoms. The minimum Gasteiger partial charge on any atom is -0.493 e. The van der Waals surface area contributed by atoms with E-state index in [4.69, 9.17) is 9.47 Å². The van der Waals surface area contributed by atoms with Crippen molar-refractivity contribution in [2.45, 2.75) is 6.42 Å². The maximum atomic E-state index is 5.39. The number of ether oxygens (including phenoxy) is 2. The van der Waals surface area contributed by atoms with Gasteiger partial charge in [-0.25, -0.2) is 9.67 Å². The van der Waals surface area contributed by atoms with Crippen molar-refractivity contribution < 1.29 is 9.47 Å². The van der Waals surface area contributed by atoms with Crippen LogP contribution in [0.5, 0.6) is 11.5 Å². The number of aromatic nitrogens is 6. The van der Waals surface area contributed by atoms with E-state index in [1.165, 1.54) is 0 Å². The van der Waals surface area contributed by atoms with Crippen LogP contribution in [-0.4, -0.2) is 43.6 Å². The van der Waals surface area contributed by atoms with Gasteiger partial charge in [0.05, 0.1) is 31.5 Å². The normalized spacial score (nSPS) is 11.2. The van der Waals surface area contributed by atoms with Gasteiger partial charge in [-0.15, -0.1) is 10.2 Å². The van der Waals surface area contributed by atoms with E-state index in [2.05, 4.69) is 20.3 Å². The Morgan fingerprint density at radius 3 is 2.52 bits per heavy atom. The van der Waals surface area contributed by atoms with Gasteiger partial charge in [-0.2, -0.15) is 5.10 Å². The zero-order chi connectivity index (χ0) is 19.8. The van der Waals surface area contributed by atoms with Crippen molar-refractivity contribution in [3.8, 4) is 17.2 Å². The van der Waals surface area contributed by atoms with E-state index >= 15 is 0 Å². The Balaban J connectivity index is 1.55. The fourth-order valence-electron chi connectivity index (χ4n) is 3.42. The van der Waals surface area contributed by atoms with Gasteiger partial charge < -0.3 is 9.47 Å². The molecule has 0 N–H and O–H groups in total. The topological polar surface area (TPSA) is 79.4 Å². The molecule has 0 saturated heterocycles. The number of fused-ring (bicyclic) bond motifs is 3. The lowest BCUT2D eigenvalue weighted by molar-refractivity contribution is 0.354. The maximum absolute atomic E-state index is 5.39. The van der Waals surface area contributed by atoms with Gasteiger partial charge >= 0.3 is 0 Å². The van der Waals surface area contributed by atoms with Crippen LogP contribution in [0.25, 0.3) is 22.4 Å². The summed E-state index contributed by atoms with van der Waals surface area (Å²) in [7, 11) is 3.25. The summed E-state index contributed by atoms with van der Waals surface area (Å²) < 4.78 is 14.4. The number of para-hydroxylation sites is 1. The predicted octanol–water partition coefficient (Wildman–Crippen LogP) is 3.07. The van der Waals surface area contributed by atoms with Crippen molar-refractivity contribution in [3.05, 3.63) is 72.4 Å². The summed E-state index contributed by atoms with van der Waals surface area (Å²) >= 11 is 0. The van der Waals surface area contributed by atoms with Crippen LogP contribution in [0.2, 0.25) is 0 Å². The van der Waals surface area contributed by atoms with Crippen molar-refractivity contribution in [2.24, 2.45) is 0 Å². The number of hydrogen-bond donors (Lipinski definition) is 0.